The number of benzene rings is 1. The molecule has 2 heterocycles. The van der Waals surface area contributed by atoms with Crippen LogP contribution in [0.2, 0.25) is 0 Å². The van der Waals surface area contributed by atoms with Crippen molar-refractivity contribution < 1.29 is 4.74 Å². The first-order valence-corrected chi connectivity index (χ1v) is 8.72. The summed E-state index contributed by atoms with van der Waals surface area (Å²) in [6.07, 6.45) is 4.31. The van der Waals surface area contributed by atoms with Gasteiger partial charge in [0.2, 0.25) is 0 Å². The molecule has 1 aliphatic heterocycles. The average molecular weight is 326 g/mol. The van der Waals surface area contributed by atoms with E-state index in [4.69, 9.17) is 4.74 Å². The van der Waals surface area contributed by atoms with Gasteiger partial charge in [-0.1, -0.05) is 12.1 Å². The molecule has 1 fully saturated rings. The van der Waals surface area contributed by atoms with Gasteiger partial charge in [-0.3, -0.25) is 0 Å². The molecule has 1 N–H and O–H groups in total. The van der Waals surface area contributed by atoms with E-state index in [1.165, 1.54) is 18.4 Å². The van der Waals surface area contributed by atoms with Crippen molar-refractivity contribution in [2.45, 2.75) is 45.4 Å². The fourth-order valence-corrected chi connectivity index (χ4v) is 3.03. The minimum Gasteiger partial charge on any atom is -0.491 e. The summed E-state index contributed by atoms with van der Waals surface area (Å²) >= 11 is 0. The predicted octanol–water partition coefficient (Wildman–Crippen LogP) is 3.02. The lowest BCUT2D eigenvalue weighted by Crippen LogP contribution is -2.45. The molecule has 5 nitrogen and oxygen atoms in total. The Kier molecular flexibility index (Phi) is 5.64. The van der Waals surface area contributed by atoms with E-state index in [0.717, 1.165) is 31.2 Å². The second kappa shape index (κ2) is 8.11. The number of piperidine rings is 1. The Balaban J connectivity index is 1.51. The zero-order valence-electron chi connectivity index (χ0n) is 14.5. The summed E-state index contributed by atoms with van der Waals surface area (Å²) < 4.78 is 5.69. The van der Waals surface area contributed by atoms with Crippen molar-refractivity contribution in [2.24, 2.45) is 0 Å². The normalized spacial score (nSPS) is 18.0. The lowest BCUT2D eigenvalue weighted by molar-refractivity contribution is 0.242. The van der Waals surface area contributed by atoms with Crippen LogP contribution >= 0.6 is 0 Å². The Labute approximate surface area is 144 Å². The lowest BCUT2D eigenvalue weighted by atomic mass is 10.1. The van der Waals surface area contributed by atoms with E-state index in [0.29, 0.717) is 6.04 Å². The third-order valence-corrected chi connectivity index (χ3v) is 4.19. The molecule has 0 bridgehead atoms. The number of nitrogens with zero attached hydrogens (tertiary/aromatic N) is 3. The molecule has 1 saturated heterocycles. The van der Waals surface area contributed by atoms with Crippen LogP contribution < -0.4 is 15.0 Å². The van der Waals surface area contributed by atoms with E-state index >= 15 is 0 Å². The van der Waals surface area contributed by atoms with Crippen molar-refractivity contribution in [3.63, 3.8) is 0 Å². The fourth-order valence-electron chi connectivity index (χ4n) is 3.03. The smallest absolute Gasteiger partial charge is 0.151 e. The Morgan fingerprint density at radius 1 is 1.25 bits per heavy atom. The zero-order valence-corrected chi connectivity index (χ0v) is 14.5. The van der Waals surface area contributed by atoms with Crippen LogP contribution in [0.25, 0.3) is 0 Å². The maximum absolute atomic E-state index is 5.69. The number of hydrogen-bond acceptors (Lipinski definition) is 5. The first-order valence-electron chi connectivity index (χ1n) is 8.72. The van der Waals surface area contributed by atoms with Crippen molar-refractivity contribution in [1.82, 2.24) is 15.5 Å². The molecular weight excluding hydrogens is 300 g/mol. The minimum absolute atomic E-state index is 0.211. The molecule has 24 heavy (non-hydrogen) atoms. The van der Waals surface area contributed by atoms with Crippen LogP contribution in [0.1, 0.15) is 32.3 Å². The van der Waals surface area contributed by atoms with Gasteiger partial charge in [0, 0.05) is 31.9 Å². The summed E-state index contributed by atoms with van der Waals surface area (Å²) in [7, 11) is 0. The first-order chi connectivity index (χ1) is 11.7. The standard InChI is InChI=1S/C19H26N4O/c1-15(2)24-18-9-7-16(8-10-18)13-20-17-5-4-12-23(14-17)19-6-3-11-21-22-19/h3,6-11,15,17,20H,4-5,12-14H2,1-2H3. The molecule has 1 atom stereocenters. The molecule has 5 heteroatoms. The van der Waals surface area contributed by atoms with E-state index in [-0.39, 0.29) is 6.10 Å². The van der Waals surface area contributed by atoms with Crippen LogP contribution in [-0.4, -0.2) is 35.4 Å². The van der Waals surface area contributed by atoms with E-state index in [2.05, 4.69) is 32.5 Å². The molecule has 0 radical (unpaired) electrons. The minimum atomic E-state index is 0.211. The summed E-state index contributed by atoms with van der Waals surface area (Å²) in [4.78, 5) is 2.31. The van der Waals surface area contributed by atoms with Crippen molar-refractivity contribution >= 4 is 5.82 Å². The first kappa shape index (κ1) is 16.7. The molecule has 0 spiro atoms. The predicted molar refractivity (Wildman–Crippen MR) is 96.3 cm³/mol. The second-order valence-corrected chi connectivity index (χ2v) is 6.56. The third kappa shape index (κ3) is 4.68. The number of rotatable bonds is 6. The Morgan fingerprint density at radius 2 is 2.08 bits per heavy atom. The zero-order chi connectivity index (χ0) is 16.8. The highest BCUT2D eigenvalue weighted by Gasteiger charge is 2.20. The molecule has 0 saturated carbocycles. The molecule has 0 amide bonds. The monoisotopic (exact) mass is 326 g/mol. The molecule has 1 aromatic heterocycles. The maximum atomic E-state index is 5.69. The van der Waals surface area contributed by atoms with Crippen LogP contribution in [0, 0.1) is 0 Å². The van der Waals surface area contributed by atoms with Gasteiger partial charge in [0.05, 0.1) is 6.10 Å². The van der Waals surface area contributed by atoms with Gasteiger partial charge in [-0.05, 0) is 56.5 Å². The van der Waals surface area contributed by atoms with E-state index < -0.39 is 0 Å². The molecule has 3 rings (SSSR count). The number of hydrogen-bond donors (Lipinski definition) is 1. The number of nitrogens with one attached hydrogen (secondary N) is 1. The molecule has 2 aromatic rings. The Morgan fingerprint density at radius 3 is 2.79 bits per heavy atom. The summed E-state index contributed by atoms with van der Waals surface area (Å²) in [5.41, 5.74) is 1.28. The lowest BCUT2D eigenvalue weighted by Gasteiger charge is -2.33. The molecule has 128 valence electrons. The van der Waals surface area contributed by atoms with Crippen molar-refractivity contribution in [1.29, 1.82) is 0 Å². The largest absolute Gasteiger partial charge is 0.491 e. The Bertz CT molecular complexity index is 615. The molecule has 0 aliphatic carbocycles. The molecule has 1 aromatic carbocycles. The molecule has 1 unspecified atom stereocenters. The highest BCUT2D eigenvalue weighted by Crippen LogP contribution is 2.18. The van der Waals surface area contributed by atoms with Crippen molar-refractivity contribution in [2.75, 3.05) is 18.0 Å². The maximum Gasteiger partial charge on any atom is 0.151 e. The number of anilines is 1. The summed E-state index contributed by atoms with van der Waals surface area (Å²) in [5.74, 6) is 1.90. The summed E-state index contributed by atoms with van der Waals surface area (Å²) in [6, 6.07) is 12.8. The second-order valence-electron chi connectivity index (χ2n) is 6.56. The highest BCUT2D eigenvalue weighted by molar-refractivity contribution is 5.37. The van der Waals surface area contributed by atoms with Crippen LogP contribution in [0.3, 0.4) is 0 Å². The SMILES string of the molecule is CC(C)Oc1ccc(CNC2CCCN(c3cccnn3)C2)cc1. The van der Waals surface area contributed by atoms with Gasteiger partial charge in [-0.25, -0.2) is 0 Å². The van der Waals surface area contributed by atoms with Gasteiger partial charge in [0.1, 0.15) is 5.75 Å². The fraction of sp³-hybridized carbons (Fsp3) is 0.474. The third-order valence-electron chi connectivity index (χ3n) is 4.19. The van der Waals surface area contributed by atoms with Gasteiger partial charge in [-0.2, -0.15) is 5.10 Å². The van der Waals surface area contributed by atoms with Crippen LogP contribution in [0.4, 0.5) is 5.82 Å². The van der Waals surface area contributed by atoms with Gasteiger partial charge in [-0.15, -0.1) is 5.10 Å². The van der Waals surface area contributed by atoms with E-state index in [1.54, 1.807) is 6.20 Å². The number of aromatic nitrogens is 2. The van der Waals surface area contributed by atoms with Gasteiger partial charge < -0.3 is 15.0 Å². The highest BCUT2D eigenvalue weighted by atomic mass is 16.5. The van der Waals surface area contributed by atoms with Gasteiger partial charge in [0.25, 0.3) is 0 Å². The quantitative estimate of drug-likeness (QED) is 0.884. The molecular formula is C19H26N4O. The average Bonchev–Trinajstić information content (AvgIpc) is 2.62. The Hall–Kier alpha value is -2.14. The van der Waals surface area contributed by atoms with Crippen LogP contribution in [0.5, 0.6) is 5.75 Å². The summed E-state index contributed by atoms with van der Waals surface area (Å²) in [5, 5.41) is 11.9. The topological polar surface area (TPSA) is 50.3 Å². The van der Waals surface area contributed by atoms with Crippen LogP contribution in [-0.2, 0) is 6.54 Å². The number of ether oxygens (including phenoxy) is 1. The summed E-state index contributed by atoms with van der Waals surface area (Å²) in [6.45, 7) is 7.00. The van der Waals surface area contributed by atoms with E-state index in [1.807, 2.05) is 38.1 Å². The van der Waals surface area contributed by atoms with Crippen molar-refractivity contribution in [3.8, 4) is 5.75 Å². The van der Waals surface area contributed by atoms with E-state index in [9.17, 15) is 0 Å². The van der Waals surface area contributed by atoms with Crippen molar-refractivity contribution in [3.05, 3.63) is 48.2 Å². The van der Waals surface area contributed by atoms with Gasteiger partial charge in [0.15, 0.2) is 5.82 Å². The van der Waals surface area contributed by atoms with Gasteiger partial charge >= 0.3 is 0 Å². The van der Waals surface area contributed by atoms with Crippen LogP contribution in [0.15, 0.2) is 42.6 Å². The molecule has 1 aliphatic rings.